The molecule has 0 bridgehead atoms. The highest BCUT2D eigenvalue weighted by Gasteiger charge is 1.99. The maximum atomic E-state index is 11.0. The predicted octanol–water partition coefficient (Wildman–Crippen LogP) is 4.26. The summed E-state index contributed by atoms with van der Waals surface area (Å²) >= 11 is 8.86. The van der Waals surface area contributed by atoms with Crippen molar-refractivity contribution in [2.24, 2.45) is 0 Å². The molecule has 0 aliphatic rings. The van der Waals surface area contributed by atoms with Gasteiger partial charge in [-0.1, -0.05) is 53.5 Å². The lowest BCUT2D eigenvalue weighted by molar-refractivity contribution is -0.116. The van der Waals surface area contributed by atoms with Gasteiger partial charge in [0.25, 0.3) is 0 Å². The lowest BCUT2D eigenvalue weighted by atomic mass is 10.1. The fourth-order valence-corrected chi connectivity index (χ4v) is 1.41. The molecule has 1 rings (SSSR count). The van der Waals surface area contributed by atoms with Gasteiger partial charge >= 0.3 is 0 Å². The minimum atomic E-state index is 0.231. The number of rotatable bonds is 4. The molecule has 0 saturated heterocycles. The van der Waals surface area contributed by atoms with Crippen LogP contribution in [0.3, 0.4) is 0 Å². The van der Waals surface area contributed by atoms with Gasteiger partial charge in [0.15, 0.2) is 0 Å². The zero-order valence-electron chi connectivity index (χ0n) is 9.09. The maximum absolute atomic E-state index is 11.0. The van der Waals surface area contributed by atoms with E-state index in [-0.39, 0.29) is 5.78 Å². The largest absolute Gasteiger partial charge is 0.299 e. The molecule has 0 spiro atoms. The molecule has 0 N–H and O–H groups in total. The molecule has 1 aromatic rings. The number of ketones is 1. The number of Topliss-reactive ketones (excluding diaryl/α,β-unsaturated/α-hetero) is 1. The Labute approximate surface area is 105 Å². The van der Waals surface area contributed by atoms with Crippen LogP contribution in [-0.2, 0) is 11.2 Å². The molecule has 1 nitrogen and oxygen atoms in total. The third-order valence-corrected chi connectivity index (χ3v) is 2.63. The van der Waals surface area contributed by atoms with E-state index >= 15 is 0 Å². The Morgan fingerprint density at radius 3 is 2.27 bits per heavy atom. The summed E-state index contributed by atoms with van der Waals surface area (Å²) < 4.78 is 0. The van der Waals surface area contributed by atoms with Crippen molar-refractivity contribution in [2.75, 3.05) is 5.33 Å². The molecule has 0 fully saturated rings. The van der Waals surface area contributed by atoms with Crippen molar-refractivity contribution in [1.82, 2.24) is 0 Å². The molecule has 0 heterocycles. The summed E-state index contributed by atoms with van der Waals surface area (Å²) in [6, 6.07) is 7.58. The number of aryl methyl sites for hydroxylation is 1. The molecule has 3 heteroatoms. The van der Waals surface area contributed by atoms with Crippen molar-refractivity contribution in [3.05, 3.63) is 34.9 Å². The van der Waals surface area contributed by atoms with E-state index in [0.29, 0.717) is 11.8 Å². The Morgan fingerprint density at radius 2 is 1.80 bits per heavy atom. The van der Waals surface area contributed by atoms with Gasteiger partial charge in [0.05, 0.1) is 5.33 Å². The van der Waals surface area contributed by atoms with Gasteiger partial charge in [-0.2, -0.15) is 0 Å². The van der Waals surface area contributed by atoms with E-state index in [1.807, 2.05) is 38.1 Å². The quantitative estimate of drug-likeness (QED) is 0.757. The normalized spacial score (nSPS) is 9.07. The number of carbonyl (C=O) groups excluding carboxylic acids is 1. The van der Waals surface area contributed by atoms with E-state index in [0.717, 1.165) is 17.0 Å². The highest BCUT2D eigenvalue weighted by Crippen LogP contribution is 2.11. The fourth-order valence-electron chi connectivity index (χ4n) is 1.00. The van der Waals surface area contributed by atoms with Crippen LogP contribution in [0.2, 0.25) is 5.02 Å². The Bertz CT molecular complexity index is 282. The van der Waals surface area contributed by atoms with E-state index in [4.69, 9.17) is 11.6 Å². The number of alkyl halides is 1. The monoisotopic (exact) mass is 290 g/mol. The average Bonchev–Trinajstić information content (AvgIpc) is 2.30. The summed E-state index contributed by atoms with van der Waals surface area (Å²) in [5.74, 6) is 0.231. The Hall–Kier alpha value is -0.340. The van der Waals surface area contributed by atoms with E-state index in [1.165, 1.54) is 0 Å². The van der Waals surface area contributed by atoms with Gasteiger partial charge in [-0.3, -0.25) is 4.79 Å². The van der Waals surface area contributed by atoms with E-state index in [1.54, 1.807) is 0 Å². The van der Waals surface area contributed by atoms with Crippen molar-refractivity contribution in [3.8, 4) is 0 Å². The van der Waals surface area contributed by atoms with Crippen molar-refractivity contribution < 1.29 is 4.79 Å². The molecule has 0 amide bonds. The molecular formula is C12H16BrClO. The average molecular weight is 292 g/mol. The van der Waals surface area contributed by atoms with Gasteiger partial charge in [0, 0.05) is 11.4 Å². The van der Waals surface area contributed by atoms with E-state index in [2.05, 4.69) is 15.9 Å². The van der Waals surface area contributed by atoms with Gasteiger partial charge < -0.3 is 0 Å². The van der Waals surface area contributed by atoms with Gasteiger partial charge in [0.2, 0.25) is 0 Å². The summed E-state index contributed by atoms with van der Waals surface area (Å²) in [6.45, 7) is 4.00. The van der Waals surface area contributed by atoms with Crippen LogP contribution in [-0.4, -0.2) is 11.1 Å². The number of hydrogen-bond donors (Lipinski definition) is 0. The Kier molecular flexibility index (Phi) is 8.73. The molecule has 0 unspecified atom stereocenters. The minimum Gasteiger partial charge on any atom is -0.299 e. The van der Waals surface area contributed by atoms with E-state index < -0.39 is 0 Å². The number of benzene rings is 1. The van der Waals surface area contributed by atoms with Crippen molar-refractivity contribution in [2.45, 2.75) is 26.7 Å². The number of carbonyl (C=O) groups is 1. The van der Waals surface area contributed by atoms with Crippen LogP contribution < -0.4 is 0 Å². The standard InChI is InChI=1S/C10H10BrClO.C2H6/c11-7-10(13)6-3-8-1-4-9(12)5-2-8;1-2/h1-2,4-5H,3,6-7H2;1-2H3. The summed E-state index contributed by atoms with van der Waals surface area (Å²) in [7, 11) is 0. The summed E-state index contributed by atoms with van der Waals surface area (Å²) in [5, 5.41) is 1.18. The van der Waals surface area contributed by atoms with Gasteiger partial charge in [-0.25, -0.2) is 0 Å². The smallest absolute Gasteiger partial charge is 0.143 e. The number of hydrogen-bond acceptors (Lipinski definition) is 1. The molecule has 0 aliphatic heterocycles. The second-order valence-electron chi connectivity index (χ2n) is 2.80. The SMILES string of the molecule is CC.O=C(CBr)CCc1ccc(Cl)cc1. The first-order valence-corrected chi connectivity index (χ1v) is 6.54. The zero-order chi connectivity index (χ0) is 11.7. The molecule has 0 atom stereocenters. The van der Waals surface area contributed by atoms with Crippen molar-refractivity contribution in [3.63, 3.8) is 0 Å². The fraction of sp³-hybridized carbons (Fsp3) is 0.417. The summed E-state index contributed by atoms with van der Waals surface area (Å²) in [5.41, 5.74) is 1.15. The van der Waals surface area contributed by atoms with E-state index in [9.17, 15) is 4.79 Å². The van der Waals surface area contributed by atoms with Gasteiger partial charge in [-0.15, -0.1) is 0 Å². The van der Waals surface area contributed by atoms with Crippen molar-refractivity contribution >= 4 is 33.3 Å². The maximum Gasteiger partial charge on any atom is 0.143 e. The molecule has 0 aromatic heterocycles. The molecule has 15 heavy (non-hydrogen) atoms. The first kappa shape index (κ1) is 14.7. The second kappa shape index (κ2) is 8.93. The molecule has 84 valence electrons. The summed E-state index contributed by atoms with van der Waals surface area (Å²) in [4.78, 5) is 11.0. The predicted molar refractivity (Wildman–Crippen MR) is 69.9 cm³/mol. The highest BCUT2D eigenvalue weighted by atomic mass is 79.9. The third kappa shape index (κ3) is 6.69. The van der Waals surface area contributed by atoms with Gasteiger partial charge in [0.1, 0.15) is 5.78 Å². The highest BCUT2D eigenvalue weighted by molar-refractivity contribution is 9.09. The topological polar surface area (TPSA) is 17.1 Å². The van der Waals surface area contributed by atoms with Crippen molar-refractivity contribution in [1.29, 1.82) is 0 Å². The Balaban J connectivity index is 0.000000921. The Morgan fingerprint density at radius 1 is 1.27 bits per heavy atom. The minimum absolute atomic E-state index is 0.231. The first-order valence-electron chi connectivity index (χ1n) is 5.04. The molecule has 1 aromatic carbocycles. The molecule has 0 saturated carbocycles. The first-order chi connectivity index (χ1) is 7.22. The van der Waals surface area contributed by atoms with Gasteiger partial charge in [-0.05, 0) is 24.1 Å². The van der Waals surface area contributed by atoms with Crippen LogP contribution in [0.15, 0.2) is 24.3 Å². The van der Waals surface area contributed by atoms with Crippen LogP contribution in [0.5, 0.6) is 0 Å². The molecule has 0 aliphatic carbocycles. The van der Waals surface area contributed by atoms with Crippen LogP contribution in [0.4, 0.5) is 0 Å². The van der Waals surface area contributed by atoms with Crippen LogP contribution >= 0.6 is 27.5 Å². The van der Waals surface area contributed by atoms with Crippen LogP contribution in [0.25, 0.3) is 0 Å². The summed E-state index contributed by atoms with van der Waals surface area (Å²) in [6.07, 6.45) is 1.38. The second-order valence-corrected chi connectivity index (χ2v) is 3.80. The van der Waals surface area contributed by atoms with Crippen LogP contribution in [0.1, 0.15) is 25.8 Å². The zero-order valence-corrected chi connectivity index (χ0v) is 11.4. The lowest BCUT2D eigenvalue weighted by Crippen LogP contribution is -2.00. The lowest BCUT2D eigenvalue weighted by Gasteiger charge is -1.99. The molecular weight excluding hydrogens is 275 g/mol. The third-order valence-electron chi connectivity index (χ3n) is 1.75. The molecule has 0 radical (unpaired) electrons. The number of halogens is 2. The van der Waals surface area contributed by atoms with Crippen LogP contribution in [0, 0.1) is 0 Å².